The zero-order valence-electron chi connectivity index (χ0n) is 20.9. The molecule has 3 N–H and O–H groups in total. The van der Waals surface area contributed by atoms with Gasteiger partial charge in [-0.3, -0.25) is 5.32 Å². The highest BCUT2D eigenvalue weighted by Crippen LogP contribution is 2.49. The van der Waals surface area contributed by atoms with Gasteiger partial charge in [0.2, 0.25) is 3.79 Å². The lowest BCUT2D eigenvalue weighted by atomic mass is 9.87. The van der Waals surface area contributed by atoms with Gasteiger partial charge >= 0.3 is 6.09 Å². The van der Waals surface area contributed by atoms with Crippen LogP contribution in [0.3, 0.4) is 0 Å². The van der Waals surface area contributed by atoms with E-state index in [0.29, 0.717) is 5.92 Å². The Labute approximate surface area is 237 Å². The van der Waals surface area contributed by atoms with Crippen molar-refractivity contribution in [1.82, 2.24) is 0 Å². The molecule has 0 saturated carbocycles. The number of nitrogen functional groups attached to an aromatic ring is 1. The van der Waals surface area contributed by atoms with E-state index in [-0.39, 0.29) is 12.5 Å². The van der Waals surface area contributed by atoms with Crippen LogP contribution in [0.4, 0.5) is 16.2 Å². The summed E-state index contributed by atoms with van der Waals surface area (Å²) in [5, 5.41) is 23.1. The van der Waals surface area contributed by atoms with Crippen molar-refractivity contribution < 1.29 is 9.53 Å². The Hall–Kier alpha value is -2.64. The maximum atomic E-state index is 12.7. The summed E-state index contributed by atoms with van der Waals surface area (Å²) in [5.41, 5.74) is 18.6. The summed E-state index contributed by atoms with van der Waals surface area (Å²) in [7, 11) is 0. The number of amides is 1. The monoisotopic (exact) mass is 568 g/mol. The largest absolute Gasteiger partial charge is 0.445 e. The number of carbonyl (C=O) groups excluding carboxylic acids is 1. The highest BCUT2D eigenvalue weighted by Gasteiger charge is 2.40. The van der Waals surface area contributed by atoms with E-state index in [9.17, 15) is 15.3 Å². The molecule has 196 valence electrons. The number of rotatable bonds is 3. The molecule has 4 aliphatic carbocycles. The molecule has 0 heterocycles. The minimum absolute atomic E-state index is 0.283. The van der Waals surface area contributed by atoms with Crippen molar-refractivity contribution >= 4 is 52.3 Å². The first-order valence-electron chi connectivity index (χ1n) is 13.1. The van der Waals surface area contributed by atoms with Crippen LogP contribution >= 0.6 is 34.8 Å². The highest BCUT2D eigenvalue weighted by molar-refractivity contribution is 6.67. The molecule has 2 atom stereocenters. The number of anilines is 2. The van der Waals surface area contributed by atoms with E-state index in [1.807, 2.05) is 0 Å². The van der Waals surface area contributed by atoms with Gasteiger partial charge < -0.3 is 10.5 Å². The van der Waals surface area contributed by atoms with E-state index in [4.69, 9.17) is 45.3 Å². The summed E-state index contributed by atoms with van der Waals surface area (Å²) >= 11 is 17.3. The molecule has 0 bridgehead atoms. The molecule has 1 amide bonds. The SMILES string of the molecule is N#Cc1c2c(c(N)c3c1CC(C1Cc4c(C#N)c5c(c(NC(=O)OCC(Cl)(Cl)Cl)c4C1)CCC5)C3)CCC2. The number of carbonyl (C=O) groups is 1. The first kappa shape index (κ1) is 25.6. The lowest BCUT2D eigenvalue weighted by molar-refractivity contribution is 0.164. The normalized spacial score (nSPS) is 20.8. The average molecular weight is 570 g/mol. The Morgan fingerprint density at radius 3 is 1.92 bits per heavy atom. The van der Waals surface area contributed by atoms with Crippen molar-refractivity contribution in [2.45, 2.75) is 68.0 Å². The van der Waals surface area contributed by atoms with Crippen molar-refractivity contribution in [2.24, 2.45) is 11.8 Å². The second-order valence-electron chi connectivity index (χ2n) is 11.0. The molecule has 0 saturated heterocycles. The number of fused-ring (bicyclic) bond motifs is 4. The number of alkyl halides is 3. The number of nitrogens with one attached hydrogen (secondary N) is 1. The number of benzene rings is 2. The van der Waals surface area contributed by atoms with Crippen LogP contribution in [0.25, 0.3) is 0 Å². The van der Waals surface area contributed by atoms with Crippen LogP contribution < -0.4 is 11.1 Å². The molecular formula is C29H27Cl3N4O2. The fourth-order valence-corrected chi connectivity index (χ4v) is 7.59. The molecule has 0 radical (unpaired) electrons. The molecule has 2 aromatic rings. The van der Waals surface area contributed by atoms with E-state index in [1.54, 1.807) is 0 Å². The third-order valence-corrected chi connectivity index (χ3v) is 9.30. The van der Waals surface area contributed by atoms with Crippen LogP contribution in [0.2, 0.25) is 0 Å². The van der Waals surface area contributed by atoms with E-state index in [0.717, 1.165) is 126 Å². The third-order valence-electron chi connectivity index (χ3n) is 8.97. The van der Waals surface area contributed by atoms with Gasteiger partial charge in [0, 0.05) is 5.69 Å². The second kappa shape index (κ2) is 9.53. The molecule has 9 heteroatoms. The number of ether oxygens (including phenoxy) is 1. The molecule has 2 unspecified atom stereocenters. The van der Waals surface area contributed by atoms with Gasteiger partial charge in [0.1, 0.15) is 6.61 Å². The molecule has 0 spiro atoms. The van der Waals surface area contributed by atoms with E-state index in [1.165, 1.54) is 5.56 Å². The summed E-state index contributed by atoms with van der Waals surface area (Å²) in [5.74, 6) is 0.602. The maximum absolute atomic E-state index is 12.7. The topological polar surface area (TPSA) is 112 Å². The lowest BCUT2D eigenvalue weighted by Crippen LogP contribution is -2.22. The van der Waals surface area contributed by atoms with E-state index < -0.39 is 9.89 Å². The predicted molar refractivity (Wildman–Crippen MR) is 148 cm³/mol. The predicted octanol–water partition coefficient (Wildman–Crippen LogP) is 6.04. The van der Waals surface area contributed by atoms with Gasteiger partial charge in [-0.15, -0.1) is 0 Å². The Morgan fingerprint density at radius 1 is 0.816 bits per heavy atom. The zero-order chi connectivity index (χ0) is 26.8. The van der Waals surface area contributed by atoms with Crippen molar-refractivity contribution in [2.75, 3.05) is 17.7 Å². The number of halogens is 3. The number of hydrogen-bond donors (Lipinski definition) is 2. The molecule has 38 heavy (non-hydrogen) atoms. The van der Waals surface area contributed by atoms with Gasteiger partial charge in [-0.05, 0) is 121 Å². The van der Waals surface area contributed by atoms with Crippen LogP contribution in [0.1, 0.15) is 68.5 Å². The highest BCUT2D eigenvalue weighted by atomic mass is 35.6. The van der Waals surface area contributed by atoms with Crippen molar-refractivity contribution in [3.05, 3.63) is 55.6 Å². The molecule has 0 aliphatic heterocycles. The number of hydrogen-bond acceptors (Lipinski definition) is 5. The Morgan fingerprint density at radius 2 is 1.32 bits per heavy atom. The van der Waals surface area contributed by atoms with Crippen LogP contribution in [-0.4, -0.2) is 16.5 Å². The van der Waals surface area contributed by atoms with Crippen LogP contribution in [-0.2, 0) is 56.1 Å². The fraction of sp³-hybridized carbons (Fsp3) is 0.483. The third kappa shape index (κ3) is 4.19. The molecule has 4 aliphatic rings. The first-order valence-corrected chi connectivity index (χ1v) is 14.3. The molecule has 6 nitrogen and oxygen atoms in total. The lowest BCUT2D eigenvalue weighted by Gasteiger charge is -2.19. The summed E-state index contributed by atoms with van der Waals surface area (Å²) in [6.07, 6.45) is 7.99. The summed E-state index contributed by atoms with van der Waals surface area (Å²) in [4.78, 5) is 12.7. The Balaban J connectivity index is 1.32. The zero-order valence-corrected chi connectivity index (χ0v) is 23.1. The Bertz CT molecular complexity index is 1470. The van der Waals surface area contributed by atoms with Crippen molar-refractivity contribution in [1.29, 1.82) is 10.5 Å². The van der Waals surface area contributed by atoms with Crippen LogP contribution in [0, 0.1) is 34.5 Å². The quantitative estimate of drug-likeness (QED) is 0.346. The van der Waals surface area contributed by atoms with Gasteiger partial charge in [0.05, 0.1) is 29.0 Å². The summed E-state index contributed by atoms with van der Waals surface area (Å²) in [6, 6.07) is 4.98. The van der Waals surface area contributed by atoms with Crippen molar-refractivity contribution in [3.8, 4) is 12.1 Å². The molecule has 0 fully saturated rings. The van der Waals surface area contributed by atoms with Gasteiger partial charge in [-0.1, -0.05) is 34.8 Å². The van der Waals surface area contributed by atoms with Gasteiger partial charge in [0.25, 0.3) is 0 Å². The van der Waals surface area contributed by atoms with Crippen LogP contribution in [0.5, 0.6) is 0 Å². The fourth-order valence-electron chi connectivity index (χ4n) is 7.43. The summed E-state index contributed by atoms with van der Waals surface area (Å²) in [6.45, 7) is -0.361. The number of nitrogens with zero attached hydrogens (tertiary/aromatic N) is 2. The minimum atomic E-state index is -1.70. The number of nitriles is 2. The van der Waals surface area contributed by atoms with Gasteiger partial charge in [-0.2, -0.15) is 10.5 Å². The van der Waals surface area contributed by atoms with Crippen LogP contribution in [0.15, 0.2) is 0 Å². The molecule has 6 rings (SSSR count). The Kier molecular flexibility index (Phi) is 6.42. The maximum Gasteiger partial charge on any atom is 0.411 e. The molecule has 2 aromatic carbocycles. The number of nitrogens with two attached hydrogens (primary N) is 1. The van der Waals surface area contributed by atoms with Crippen molar-refractivity contribution in [3.63, 3.8) is 0 Å². The first-order chi connectivity index (χ1) is 18.2. The summed E-state index contributed by atoms with van der Waals surface area (Å²) < 4.78 is 3.48. The molecular weight excluding hydrogens is 543 g/mol. The average Bonchev–Trinajstić information content (AvgIpc) is 3.67. The smallest absolute Gasteiger partial charge is 0.411 e. The minimum Gasteiger partial charge on any atom is -0.445 e. The second-order valence-corrected chi connectivity index (χ2v) is 13.5. The standard InChI is InChI=1S/C29H27Cl3N4O2/c30-29(31,32)13-38-28(37)36-27-19-6-2-4-17(19)25(12-34)21-8-15(10-23(21)27)14-7-20-22(9-14)26(35)18-5-1-3-16(18)24(20)11-33/h14-15H,1-10,13,35H2,(H,36,37). The van der Waals surface area contributed by atoms with Gasteiger partial charge in [0.15, 0.2) is 0 Å². The molecule has 0 aromatic heterocycles. The van der Waals surface area contributed by atoms with E-state index >= 15 is 0 Å². The van der Waals surface area contributed by atoms with E-state index in [2.05, 4.69) is 17.5 Å². The van der Waals surface area contributed by atoms with Gasteiger partial charge in [-0.25, -0.2) is 4.79 Å².